The van der Waals surface area contributed by atoms with Crippen molar-refractivity contribution < 1.29 is 0 Å². The van der Waals surface area contributed by atoms with Crippen molar-refractivity contribution in [1.82, 2.24) is 0 Å². The highest BCUT2D eigenvalue weighted by molar-refractivity contribution is 9.11. The van der Waals surface area contributed by atoms with Gasteiger partial charge in [0.15, 0.2) is 0 Å². The van der Waals surface area contributed by atoms with Gasteiger partial charge in [-0.1, -0.05) is 104 Å². The minimum absolute atomic E-state index is 1.16. The van der Waals surface area contributed by atoms with Crippen LogP contribution in [-0.2, 0) is 0 Å². The van der Waals surface area contributed by atoms with Crippen LogP contribution in [0.4, 0.5) is 0 Å². The molecule has 0 N–H and O–H groups in total. The van der Waals surface area contributed by atoms with Crippen molar-refractivity contribution in [3.8, 4) is 0 Å². The topological polar surface area (TPSA) is 0 Å². The number of halogens is 2. The van der Waals surface area contributed by atoms with Crippen LogP contribution in [0.1, 0.15) is 5.56 Å². The van der Waals surface area contributed by atoms with Crippen LogP contribution in [0.3, 0.4) is 0 Å². The van der Waals surface area contributed by atoms with E-state index in [1.807, 2.05) is 18.2 Å². The van der Waals surface area contributed by atoms with Gasteiger partial charge in [-0.3, -0.25) is 0 Å². The lowest BCUT2D eigenvalue weighted by atomic mass is 9.94. The molecule has 0 unspecified atom stereocenters. The van der Waals surface area contributed by atoms with Crippen LogP contribution < -0.4 is 0 Å². The Morgan fingerprint density at radius 1 is 0.520 bits per heavy atom. The molecule has 5 aromatic carbocycles. The first-order valence-electron chi connectivity index (χ1n) is 8.18. The van der Waals surface area contributed by atoms with Crippen LogP contribution in [0, 0.1) is 6.92 Å². The molecule has 5 aromatic rings. The van der Waals surface area contributed by atoms with E-state index < -0.39 is 0 Å². The summed E-state index contributed by atoms with van der Waals surface area (Å²) in [6.45, 7) is 2.08. The highest BCUT2D eigenvalue weighted by Crippen LogP contribution is 2.39. The Morgan fingerprint density at radius 3 is 1.36 bits per heavy atom. The predicted molar refractivity (Wildman–Crippen MR) is 117 cm³/mol. The van der Waals surface area contributed by atoms with Crippen LogP contribution in [0.5, 0.6) is 0 Å². The molecular formula is C23H16Br2. The molecule has 0 saturated carbocycles. The molecule has 0 spiro atoms. The maximum atomic E-state index is 3.65. The van der Waals surface area contributed by atoms with Crippen molar-refractivity contribution in [3.63, 3.8) is 0 Å². The summed E-state index contributed by atoms with van der Waals surface area (Å²) >= 11 is 7.30. The van der Waals surface area contributed by atoms with Crippen LogP contribution in [-0.4, -0.2) is 0 Å². The third-order valence-corrected chi connectivity index (χ3v) is 5.88. The Bertz CT molecular complexity index is 1080. The van der Waals surface area contributed by atoms with E-state index in [0.717, 1.165) is 8.95 Å². The van der Waals surface area contributed by atoms with Crippen molar-refractivity contribution in [2.24, 2.45) is 0 Å². The van der Waals surface area contributed by atoms with Crippen LogP contribution in [0.15, 0.2) is 87.8 Å². The van der Waals surface area contributed by atoms with Gasteiger partial charge in [0.1, 0.15) is 0 Å². The first-order valence-corrected chi connectivity index (χ1v) is 9.77. The van der Waals surface area contributed by atoms with E-state index in [1.54, 1.807) is 0 Å². The van der Waals surface area contributed by atoms with Gasteiger partial charge in [-0.05, 0) is 51.4 Å². The number of rotatable bonds is 0. The van der Waals surface area contributed by atoms with E-state index in [1.165, 1.54) is 37.9 Å². The smallest absolute Gasteiger partial charge is 0.0254 e. The van der Waals surface area contributed by atoms with E-state index in [9.17, 15) is 0 Å². The summed E-state index contributed by atoms with van der Waals surface area (Å²) in [5.41, 5.74) is 1.32. The van der Waals surface area contributed by atoms with Crippen molar-refractivity contribution in [2.75, 3.05) is 0 Å². The van der Waals surface area contributed by atoms with Crippen molar-refractivity contribution in [3.05, 3.63) is 93.4 Å². The first kappa shape index (κ1) is 16.6. The van der Waals surface area contributed by atoms with Crippen LogP contribution in [0.25, 0.3) is 32.3 Å². The Kier molecular flexibility index (Phi) is 4.49. The van der Waals surface area contributed by atoms with Crippen LogP contribution >= 0.6 is 31.9 Å². The van der Waals surface area contributed by atoms with Crippen LogP contribution in [0.2, 0.25) is 0 Å². The molecule has 0 bridgehead atoms. The zero-order chi connectivity index (χ0) is 17.4. The summed E-state index contributed by atoms with van der Waals surface area (Å²) in [4.78, 5) is 0. The molecule has 2 heteroatoms. The summed E-state index contributed by atoms with van der Waals surface area (Å²) in [5, 5.41) is 7.85. The first-order chi connectivity index (χ1) is 12.1. The average Bonchev–Trinajstić information content (AvgIpc) is 2.64. The maximum absolute atomic E-state index is 3.65. The van der Waals surface area contributed by atoms with Gasteiger partial charge >= 0.3 is 0 Å². The lowest BCUT2D eigenvalue weighted by Gasteiger charge is -2.12. The second-order valence-electron chi connectivity index (χ2n) is 6.17. The third kappa shape index (κ3) is 3.05. The number of hydrogen-bond donors (Lipinski definition) is 0. The molecule has 25 heavy (non-hydrogen) atoms. The molecule has 0 saturated heterocycles. The zero-order valence-corrected chi connectivity index (χ0v) is 16.9. The summed E-state index contributed by atoms with van der Waals surface area (Å²) in [6.07, 6.45) is 0. The van der Waals surface area contributed by atoms with Gasteiger partial charge in [0, 0.05) is 8.95 Å². The molecule has 0 nitrogen and oxygen atoms in total. The van der Waals surface area contributed by atoms with E-state index >= 15 is 0 Å². The molecule has 0 heterocycles. The highest BCUT2D eigenvalue weighted by Gasteiger charge is 2.10. The van der Waals surface area contributed by atoms with E-state index in [4.69, 9.17) is 0 Å². The number of benzene rings is 5. The summed E-state index contributed by atoms with van der Waals surface area (Å²) in [5.74, 6) is 0. The van der Waals surface area contributed by atoms with Crippen molar-refractivity contribution >= 4 is 64.2 Å². The predicted octanol–water partition coefficient (Wildman–Crippen LogP) is 8.10. The second-order valence-corrected chi connectivity index (χ2v) is 7.88. The van der Waals surface area contributed by atoms with Gasteiger partial charge in [0.05, 0.1) is 0 Å². The monoisotopic (exact) mass is 450 g/mol. The molecule has 122 valence electrons. The largest absolute Gasteiger partial charge is 0.0622 e. The fraction of sp³-hybridized carbons (Fsp3) is 0.0435. The standard InChI is InChI=1S/C16H8Br2.C7H8/c17-13-8-4-10-2-6-12-14(18)7-3-9-1-5-11(13)16(10)15(9)12;1-7-5-3-2-4-6-7/h1-8H;2-6H,1H3. The van der Waals surface area contributed by atoms with Gasteiger partial charge < -0.3 is 0 Å². The quantitative estimate of drug-likeness (QED) is 0.208. The molecule has 0 atom stereocenters. The highest BCUT2D eigenvalue weighted by atomic mass is 79.9. The van der Waals surface area contributed by atoms with Crippen molar-refractivity contribution in [2.45, 2.75) is 6.92 Å². The minimum Gasteiger partial charge on any atom is -0.0622 e. The van der Waals surface area contributed by atoms with Gasteiger partial charge in [0.25, 0.3) is 0 Å². The Morgan fingerprint density at radius 2 is 0.960 bits per heavy atom. The maximum Gasteiger partial charge on any atom is 0.0254 e. The lowest BCUT2D eigenvalue weighted by molar-refractivity contribution is 1.48. The average molecular weight is 452 g/mol. The van der Waals surface area contributed by atoms with Gasteiger partial charge in [0.2, 0.25) is 0 Å². The Hall–Kier alpha value is -1.90. The van der Waals surface area contributed by atoms with Gasteiger partial charge in [-0.15, -0.1) is 0 Å². The molecule has 0 aliphatic rings. The second kappa shape index (κ2) is 6.78. The van der Waals surface area contributed by atoms with E-state index in [2.05, 4.69) is 99.4 Å². The minimum atomic E-state index is 1.16. The molecule has 0 aromatic heterocycles. The Labute approximate surface area is 164 Å². The summed E-state index contributed by atoms with van der Waals surface area (Å²) in [6, 6.07) is 27.6. The molecule has 0 fully saturated rings. The van der Waals surface area contributed by atoms with E-state index in [0.29, 0.717) is 0 Å². The molecule has 0 aliphatic carbocycles. The molecule has 0 radical (unpaired) electrons. The Balaban J connectivity index is 0.000000190. The normalized spacial score (nSPS) is 11.0. The zero-order valence-electron chi connectivity index (χ0n) is 13.8. The molecule has 0 amide bonds. The summed E-state index contributed by atoms with van der Waals surface area (Å²) < 4.78 is 2.31. The molecule has 0 aliphatic heterocycles. The fourth-order valence-corrected chi connectivity index (χ4v) is 4.19. The summed E-state index contributed by atoms with van der Waals surface area (Å²) in [7, 11) is 0. The van der Waals surface area contributed by atoms with E-state index in [-0.39, 0.29) is 0 Å². The molecular weight excluding hydrogens is 436 g/mol. The third-order valence-electron chi connectivity index (χ3n) is 4.50. The lowest BCUT2D eigenvalue weighted by Crippen LogP contribution is -1.85. The van der Waals surface area contributed by atoms with Crippen molar-refractivity contribution in [1.29, 1.82) is 0 Å². The van der Waals surface area contributed by atoms with Gasteiger partial charge in [-0.25, -0.2) is 0 Å². The number of aryl methyl sites for hydroxylation is 1. The molecule has 5 rings (SSSR count). The fourth-order valence-electron chi connectivity index (χ4n) is 3.26. The van der Waals surface area contributed by atoms with Gasteiger partial charge in [-0.2, -0.15) is 0 Å². The SMILES string of the molecule is Brc1ccc2ccc3c(Br)ccc4ccc1c2c43.Cc1ccccc1. The number of hydrogen-bond acceptors (Lipinski definition) is 0.